The van der Waals surface area contributed by atoms with Crippen molar-refractivity contribution in [3.05, 3.63) is 102 Å². The molecule has 1 aliphatic carbocycles. The van der Waals surface area contributed by atoms with Gasteiger partial charge in [0.1, 0.15) is 11.5 Å². The van der Waals surface area contributed by atoms with Crippen LogP contribution in [0.1, 0.15) is 54.8 Å². The molecule has 1 unspecified atom stereocenters. The number of nitrogens with one attached hydrogen (secondary N) is 1. The number of aromatic nitrogens is 3. The van der Waals surface area contributed by atoms with Crippen LogP contribution in [-0.2, 0) is 13.1 Å². The van der Waals surface area contributed by atoms with Crippen LogP contribution in [0, 0.1) is 5.95 Å². The van der Waals surface area contributed by atoms with Crippen LogP contribution in [0.15, 0.2) is 79.3 Å². The molecule has 3 heterocycles. The van der Waals surface area contributed by atoms with Gasteiger partial charge in [0.2, 0.25) is 5.95 Å². The second-order valence-corrected chi connectivity index (χ2v) is 9.39. The van der Waals surface area contributed by atoms with Crippen LogP contribution < -0.4 is 11.1 Å². The summed E-state index contributed by atoms with van der Waals surface area (Å²) in [4.78, 5) is 5.69. The van der Waals surface area contributed by atoms with Crippen molar-refractivity contribution < 1.29 is 13.2 Å². The minimum Gasteiger partial charge on any atom is -0.383 e. The van der Waals surface area contributed by atoms with E-state index in [4.69, 9.17) is 5.73 Å². The van der Waals surface area contributed by atoms with Gasteiger partial charge in [0.15, 0.2) is 0 Å². The summed E-state index contributed by atoms with van der Waals surface area (Å²) in [5.41, 5.74) is 9.00. The number of pyridine rings is 1. The van der Waals surface area contributed by atoms with Gasteiger partial charge in [-0.3, -0.25) is 4.68 Å². The van der Waals surface area contributed by atoms with Gasteiger partial charge in [-0.25, -0.2) is 13.8 Å². The first-order valence-corrected chi connectivity index (χ1v) is 12.5. The summed E-state index contributed by atoms with van der Waals surface area (Å²) < 4.78 is 40.3. The van der Waals surface area contributed by atoms with Crippen LogP contribution in [0.3, 0.4) is 0 Å². The number of rotatable bonds is 9. The van der Waals surface area contributed by atoms with E-state index in [0.29, 0.717) is 12.5 Å². The largest absolute Gasteiger partial charge is 0.383 e. The van der Waals surface area contributed by atoms with Crippen molar-refractivity contribution in [2.45, 2.75) is 57.2 Å². The molecule has 196 valence electrons. The molecule has 3 N–H and O–H groups in total. The second kappa shape index (κ2) is 12.0. The first-order valence-electron chi connectivity index (χ1n) is 12.5. The van der Waals surface area contributed by atoms with Crippen LogP contribution in [0.4, 0.5) is 19.0 Å². The zero-order chi connectivity index (χ0) is 26.4. The summed E-state index contributed by atoms with van der Waals surface area (Å²) in [5.74, 6) is 0.267. The molecule has 1 atom stereocenters. The van der Waals surface area contributed by atoms with Crippen LogP contribution in [0.2, 0.25) is 0 Å². The lowest BCUT2D eigenvalue weighted by Gasteiger charge is -2.30. The summed E-state index contributed by atoms with van der Waals surface area (Å²) in [7, 11) is 0. The molecule has 9 heteroatoms. The Morgan fingerprint density at radius 2 is 1.86 bits per heavy atom. The average molecular weight is 511 g/mol. The summed E-state index contributed by atoms with van der Waals surface area (Å²) in [6.07, 6.45) is 3.06. The number of allylic oxidation sites excluding steroid dienone is 1. The van der Waals surface area contributed by atoms with Crippen molar-refractivity contribution in [3.8, 4) is 0 Å². The summed E-state index contributed by atoms with van der Waals surface area (Å²) in [6, 6.07) is 15.0. The Hall–Kier alpha value is -3.75. The fraction of sp³-hybridized carbons (Fsp3) is 0.357. The predicted octanol–water partition coefficient (Wildman–Crippen LogP) is 5.78. The number of nitrogens with zero attached hydrogens (tertiary/aromatic N) is 4. The minimum atomic E-state index is -2.63. The molecule has 2 aliphatic rings. The Bertz CT molecular complexity index is 1210. The van der Waals surface area contributed by atoms with Crippen molar-refractivity contribution in [2.24, 2.45) is 0 Å². The third-order valence-corrected chi connectivity index (χ3v) is 6.61. The fourth-order valence-electron chi connectivity index (χ4n) is 4.55. The topological polar surface area (TPSA) is 72.0 Å². The smallest absolute Gasteiger partial charge is 0.280 e. The predicted molar refractivity (Wildman–Crippen MR) is 139 cm³/mol. The molecular formula is C28H33F3N6. The third-order valence-electron chi connectivity index (χ3n) is 6.61. The standard InChI is InChI=1S/C20H25F2N5.C8H8FN/c1-14(13-27-18(20(21)22)11-19(23)25-27)26-10-6-9-17(26)15(2)24-12-16-7-4-3-5-8-16;9-8-7(6-3-4-6)2-1-5-10-8/h3-5,7-8,11,17,20,24H,1-2,6,9-10,12-13H2,(H2,23,25);1-2,5-6H,3-4H2. The molecule has 37 heavy (non-hydrogen) atoms. The normalized spacial score (nSPS) is 16.9. The van der Waals surface area contributed by atoms with Crippen molar-refractivity contribution in [3.63, 3.8) is 0 Å². The third kappa shape index (κ3) is 6.93. The monoisotopic (exact) mass is 510 g/mol. The Labute approximate surface area is 215 Å². The number of anilines is 1. The van der Waals surface area contributed by atoms with Crippen LogP contribution in [-0.4, -0.2) is 32.3 Å². The number of benzene rings is 1. The number of hydrogen-bond donors (Lipinski definition) is 2. The zero-order valence-corrected chi connectivity index (χ0v) is 20.8. The van der Waals surface area contributed by atoms with Crippen molar-refractivity contribution in [2.75, 3.05) is 12.3 Å². The molecule has 0 amide bonds. The Morgan fingerprint density at radius 3 is 2.54 bits per heavy atom. The highest BCUT2D eigenvalue weighted by Crippen LogP contribution is 2.40. The van der Waals surface area contributed by atoms with E-state index in [0.717, 1.165) is 49.2 Å². The van der Waals surface area contributed by atoms with E-state index in [-0.39, 0.29) is 30.0 Å². The number of halogens is 3. The van der Waals surface area contributed by atoms with E-state index in [1.165, 1.54) is 22.5 Å². The van der Waals surface area contributed by atoms with E-state index < -0.39 is 6.43 Å². The summed E-state index contributed by atoms with van der Waals surface area (Å²) in [5, 5.41) is 7.36. The van der Waals surface area contributed by atoms with Gasteiger partial charge >= 0.3 is 0 Å². The first kappa shape index (κ1) is 26.3. The number of alkyl halides is 2. The van der Waals surface area contributed by atoms with Gasteiger partial charge in [0, 0.05) is 42.3 Å². The molecule has 2 aromatic heterocycles. The highest BCUT2D eigenvalue weighted by atomic mass is 19.3. The fourth-order valence-corrected chi connectivity index (χ4v) is 4.55. The Balaban J connectivity index is 0.000000265. The summed E-state index contributed by atoms with van der Waals surface area (Å²) >= 11 is 0. The lowest BCUT2D eigenvalue weighted by atomic mass is 10.1. The highest BCUT2D eigenvalue weighted by Gasteiger charge is 2.29. The van der Waals surface area contributed by atoms with Gasteiger partial charge in [-0.1, -0.05) is 49.6 Å². The molecule has 0 bridgehead atoms. The number of hydrogen-bond acceptors (Lipinski definition) is 5. The SMILES string of the molecule is C=C(NCc1ccccc1)C1CCCN1C(=C)Cn1nc(N)cc1C(F)F.Fc1ncccc1C1CC1. The van der Waals surface area contributed by atoms with Crippen molar-refractivity contribution in [1.82, 2.24) is 25.0 Å². The maximum atomic E-state index is 13.2. The quantitative estimate of drug-likeness (QED) is 0.357. The first-order chi connectivity index (χ1) is 17.8. The van der Waals surface area contributed by atoms with Gasteiger partial charge < -0.3 is 16.0 Å². The molecule has 1 aromatic carbocycles. The lowest BCUT2D eigenvalue weighted by molar-refractivity contribution is 0.139. The van der Waals surface area contributed by atoms with Gasteiger partial charge in [-0.2, -0.15) is 9.49 Å². The number of likely N-dealkylation sites (tertiary alicyclic amines) is 1. The molecule has 0 radical (unpaired) electrons. The molecule has 1 saturated heterocycles. The molecule has 1 saturated carbocycles. The Kier molecular flexibility index (Phi) is 8.53. The number of nitrogens with two attached hydrogens (primary N) is 1. The van der Waals surface area contributed by atoms with E-state index in [1.54, 1.807) is 6.07 Å². The van der Waals surface area contributed by atoms with Crippen molar-refractivity contribution in [1.29, 1.82) is 0 Å². The zero-order valence-electron chi connectivity index (χ0n) is 20.8. The maximum absolute atomic E-state index is 13.2. The maximum Gasteiger partial charge on any atom is 0.280 e. The van der Waals surface area contributed by atoms with Gasteiger partial charge in [0.05, 0.1) is 12.6 Å². The lowest BCUT2D eigenvalue weighted by Crippen LogP contribution is -2.36. The molecule has 0 spiro atoms. The van der Waals surface area contributed by atoms with Crippen LogP contribution in [0.25, 0.3) is 0 Å². The molecule has 1 aliphatic heterocycles. The van der Waals surface area contributed by atoms with Crippen molar-refractivity contribution >= 4 is 5.82 Å². The molecule has 2 fully saturated rings. The van der Waals surface area contributed by atoms with Gasteiger partial charge in [0.25, 0.3) is 6.43 Å². The van der Waals surface area contributed by atoms with E-state index >= 15 is 0 Å². The molecule has 5 rings (SSSR count). The van der Waals surface area contributed by atoms with E-state index in [9.17, 15) is 13.2 Å². The molecule has 3 aromatic rings. The highest BCUT2D eigenvalue weighted by molar-refractivity contribution is 5.30. The minimum absolute atomic E-state index is 0.0871. The van der Waals surface area contributed by atoms with Gasteiger partial charge in [-0.05, 0) is 43.2 Å². The van der Waals surface area contributed by atoms with Crippen LogP contribution in [0.5, 0.6) is 0 Å². The Morgan fingerprint density at radius 1 is 1.11 bits per heavy atom. The van der Waals surface area contributed by atoms with Crippen LogP contribution >= 0.6 is 0 Å². The molecule has 6 nitrogen and oxygen atoms in total. The van der Waals surface area contributed by atoms with Gasteiger partial charge in [-0.15, -0.1) is 0 Å². The van der Waals surface area contributed by atoms with E-state index in [2.05, 4.69) is 45.6 Å². The van der Waals surface area contributed by atoms with E-state index in [1.807, 2.05) is 24.3 Å². The second-order valence-electron chi connectivity index (χ2n) is 9.39. The summed E-state index contributed by atoms with van der Waals surface area (Å²) in [6.45, 7) is 9.98. The average Bonchev–Trinajstić information content (AvgIpc) is 3.48. The number of nitrogen functional groups attached to an aromatic ring is 1. The molecular weight excluding hydrogens is 477 g/mol.